The molecule has 0 radical (unpaired) electrons. The van der Waals surface area contributed by atoms with Crippen molar-refractivity contribution >= 4 is 6.09 Å². The summed E-state index contributed by atoms with van der Waals surface area (Å²) in [5.74, 6) is 0. The van der Waals surface area contributed by atoms with E-state index in [4.69, 9.17) is 9.47 Å². The molecule has 5 nitrogen and oxygen atoms in total. The van der Waals surface area contributed by atoms with Crippen molar-refractivity contribution in [1.29, 1.82) is 0 Å². The highest BCUT2D eigenvalue weighted by molar-refractivity contribution is 5.66. The number of ether oxygens (including phenoxy) is 2. The molecule has 1 aromatic rings. The third-order valence-electron chi connectivity index (χ3n) is 2.54. The van der Waals surface area contributed by atoms with Crippen LogP contribution in [0.3, 0.4) is 0 Å². The van der Waals surface area contributed by atoms with E-state index in [0.717, 1.165) is 12.8 Å². The SMILES string of the molecule is CC(C)(C)OC(=O)NNCCCCOCc1ccccc1. The van der Waals surface area contributed by atoms with E-state index in [1.165, 1.54) is 5.56 Å². The van der Waals surface area contributed by atoms with Crippen LogP contribution in [0.5, 0.6) is 0 Å². The van der Waals surface area contributed by atoms with Gasteiger partial charge in [0.2, 0.25) is 0 Å². The Morgan fingerprint density at radius 2 is 1.86 bits per heavy atom. The standard InChI is InChI=1S/C16H26N2O3/c1-16(2,3)21-15(19)18-17-11-7-8-12-20-13-14-9-5-4-6-10-14/h4-6,9-10,17H,7-8,11-13H2,1-3H3,(H,18,19). The fourth-order valence-corrected chi connectivity index (χ4v) is 1.62. The Balaban J connectivity index is 1.92. The van der Waals surface area contributed by atoms with Crippen LogP contribution in [0.2, 0.25) is 0 Å². The van der Waals surface area contributed by atoms with Gasteiger partial charge in [-0.05, 0) is 39.2 Å². The maximum atomic E-state index is 11.3. The molecule has 0 aliphatic heterocycles. The van der Waals surface area contributed by atoms with Gasteiger partial charge in [0.1, 0.15) is 5.60 Å². The Kier molecular flexibility index (Phi) is 7.79. The molecule has 0 aliphatic carbocycles. The van der Waals surface area contributed by atoms with Crippen molar-refractivity contribution in [3.8, 4) is 0 Å². The van der Waals surface area contributed by atoms with Crippen molar-refractivity contribution in [1.82, 2.24) is 10.9 Å². The van der Waals surface area contributed by atoms with E-state index < -0.39 is 11.7 Å². The van der Waals surface area contributed by atoms with Gasteiger partial charge in [-0.15, -0.1) is 0 Å². The summed E-state index contributed by atoms with van der Waals surface area (Å²) in [5.41, 5.74) is 6.05. The van der Waals surface area contributed by atoms with Gasteiger partial charge < -0.3 is 9.47 Å². The Morgan fingerprint density at radius 1 is 1.14 bits per heavy atom. The molecule has 1 rings (SSSR count). The molecule has 5 heteroatoms. The molecule has 0 atom stereocenters. The molecule has 0 unspecified atom stereocenters. The minimum atomic E-state index is -0.475. The maximum absolute atomic E-state index is 11.3. The monoisotopic (exact) mass is 294 g/mol. The largest absolute Gasteiger partial charge is 0.443 e. The first-order chi connectivity index (χ1) is 9.97. The molecule has 2 N–H and O–H groups in total. The number of hydrazine groups is 1. The lowest BCUT2D eigenvalue weighted by atomic mass is 10.2. The number of nitrogens with one attached hydrogen (secondary N) is 2. The Morgan fingerprint density at radius 3 is 2.52 bits per heavy atom. The molecule has 0 fully saturated rings. The van der Waals surface area contributed by atoms with Gasteiger partial charge in [0.05, 0.1) is 6.61 Å². The van der Waals surface area contributed by atoms with Crippen molar-refractivity contribution in [3.63, 3.8) is 0 Å². The number of amides is 1. The summed E-state index contributed by atoms with van der Waals surface area (Å²) < 4.78 is 10.7. The van der Waals surface area contributed by atoms with Crippen LogP contribution in [0, 0.1) is 0 Å². The number of benzene rings is 1. The molecule has 0 bridgehead atoms. The lowest BCUT2D eigenvalue weighted by Gasteiger charge is -2.19. The van der Waals surface area contributed by atoms with Gasteiger partial charge in [0.15, 0.2) is 0 Å². The number of hydrogen-bond donors (Lipinski definition) is 2. The van der Waals surface area contributed by atoms with E-state index in [-0.39, 0.29) is 0 Å². The Hall–Kier alpha value is -1.59. The normalized spacial score (nSPS) is 11.2. The van der Waals surface area contributed by atoms with Gasteiger partial charge in [0, 0.05) is 13.2 Å². The number of hydrogen-bond acceptors (Lipinski definition) is 4. The third-order valence-corrected chi connectivity index (χ3v) is 2.54. The molecule has 1 amide bonds. The highest BCUT2D eigenvalue weighted by Crippen LogP contribution is 2.05. The molecule has 118 valence electrons. The summed E-state index contributed by atoms with van der Waals surface area (Å²) in [6, 6.07) is 10.1. The van der Waals surface area contributed by atoms with Crippen LogP contribution in [0.25, 0.3) is 0 Å². The first-order valence-corrected chi connectivity index (χ1v) is 7.31. The molecule has 0 saturated heterocycles. The lowest BCUT2D eigenvalue weighted by molar-refractivity contribution is 0.0497. The minimum Gasteiger partial charge on any atom is -0.443 e. The zero-order valence-corrected chi connectivity index (χ0v) is 13.1. The van der Waals surface area contributed by atoms with E-state index in [1.807, 2.05) is 51.1 Å². The van der Waals surface area contributed by atoms with Crippen LogP contribution in [-0.4, -0.2) is 24.8 Å². The quantitative estimate of drug-likeness (QED) is 0.571. The van der Waals surface area contributed by atoms with Crippen LogP contribution in [0.15, 0.2) is 30.3 Å². The van der Waals surface area contributed by atoms with Crippen LogP contribution >= 0.6 is 0 Å². The fraction of sp³-hybridized carbons (Fsp3) is 0.562. The van der Waals surface area contributed by atoms with Crippen LogP contribution < -0.4 is 10.9 Å². The zero-order valence-electron chi connectivity index (χ0n) is 13.1. The fourth-order valence-electron chi connectivity index (χ4n) is 1.62. The van der Waals surface area contributed by atoms with E-state index >= 15 is 0 Å². The topological polar surface area (TPSA) is 59.6 Å². The van der Waals surface area contributed by atoms with Gasteiger partial charge in [-0.25, -0.2) is 10.2 Å². The van der Waals surface area contributed by atoms with E-state index in [2.05, 4.69) is 10.9 Å². The van der Waals surface area contributed by atoms with Gasteiger partial charge in [0.25, 0.3) is 0 Å². The second-order valence-electron chi connectivity index (χ2n) is 5.80. The number of rotatable bonds is 8. The van der Waals surface area contributed by atoms with Crippen molar-refractivity contribution in [3.05, 3.63) is 35.9 Å². The Bertz CT molecular complexity index is 402. The predicted molar refractivity (Wildman–Crippen MR) is 82.7 cm³/mol. The molecule has 0 heterocycles. The molecule has 0 saturated carbocycles. The van der Waals surface area contributed by atoms with Gasteiger partial charge >= 0.3 is 6.09 Å². The summed E-state index contributed by atoms with van der Waals surface area (Å²) in [6.07, 6.45) is 1.41. The summed E-state index contributed by atoms with van der Waals surface area (Å²) in [6.45, 7) is 7.53. The summed E-state index contributed by atoms with van der Waals surface area (Å²) in [4.78, 5) is 11.3. The molecule has 1 aromatic carbocycles. The van der Waals surface area contributed by atoms with Crippen LogP contribution in [-0.2, 0) is 16.1 Å². The predicted octanol–water partition coefficient (Wildman–Crippen LogP) is 3.01. The highest BCUT2D eigenvalue weighted by atomic mass is 16.6. The second kappa shape index (κ2) is 9.37. The highest BCUT2D eigenvalue weighted by Gasteiger charge is 2.15. The molecular weight excluding hydrogens is 268 g/mol. The summed E-state index contributed by atoms with van der Waals surface area (Å²) >= 11 is 0. The average molecular weight is 294 g/mol. The van der Waals surface area contributed by atoms with Crippen LogP contribution in [0.4, 0.5) is 4.79 Å². The van der Waals surface area contributed by atoms with Gasteiger partial charge in [-0.1, -0.05) is 30.3 Å². The summed E-state index contributed by atoms with van der Waals surface area (Å²) in [7, 11) is 0. The van der Waals surface area contributed by atoms with Crippen molar-refractivity contribution < 1.29 is 14.3 Å². The maximum Gasteiger partial charge on any atom is 0.422 e. The first-order valence-electron chi connectivity index (χ1n) is 7.31. The average Bonchev–Trinajstić information content (AvgIpc) is 2.41. The summed E-state index contributed by atoms with van der Waals surface area (Å²) in [5, 5.41) is 0. The lowest BCUT2D eigenvalue weighted by Crippen LogP contribution is -2.41. The molecule has 0 aliphatic rings. The van der Waals surface area contributed by atoms with E-state index in [1.54, 1.807) is 0 Å². The molecule has 21 heavy (non-hydrogen) atoms. The van der Waals surface area contributed by atoms with Crippen molar-refractivity contribution in [2.24, 2.45) is 0 Å². The van der Waals surface area contributed by atoms with Crippen molar-refractivity contribution in [2.75, 3.05) is 13.2 Å². The minimum absolute atomic E-state index is 0.456. The van der Waals surface area contributed by atoms with Crippen molar-refractivity contribution in [2.45, 2.75) is 45.8 Å². The van der Waals surface area contributed by atoms with Gasteiger partial charge in [-0.3, -0.25) is 5.43 Å². The van der Waals surface area contributed by atoms with E-state index in [0.29, 0.717) is 19.8 Å². The smallest absolute Gasteiger partial charge is 0.422 e. The number of carbonyl (C=O) groups is 1. The van der Waals surface area contributed by atoms with E-state index in [9.17, 15) is 4.79 Å². The molecule has 0 aromatic heterocycles. The van der Waals surface area contributed by atoms with Crippen LogP contribution in [0.1, 0.15) is 39.2 Å². The molecular formula is C16H26N2O3. The number of carbonyl (C=O) groups excluding carboxylic acids is 1. The zero-order chi connectivity index (χ0) is 15.6. The Labute approximate surface area is 127 Å². The third kappa shape index (κ3) is 9.87. The first kappa shape index (κ1) is 17.5. The second-order valence-corrected chi connectivity index (χ2v) is 5.80. The number of unbranched alkanes of at least 4 members (excludes halogenated alkanes) is 1. The molecule has 0 spiro atoms. The van der Waals surface area contributed by atoms with Gasteiger partial charge in [-0.2, -0.15) is 0 Å².